The molecule has 37 heavy (non-hydrogen) atoms. The Morgan fingerprint density at radius 2 is 1.70 bits per heavy atom. The Bertz CT molecular complexity index is 967. The SMILES string of the molecule is CCCCCCCC[C@H]1CC[C@H]2[C@H]3CC=C4C[C@@H](OC(=O)c5ccc(Cl)cc5)CC[C@]4(C)[C@H]3CC[C@]12C. The van der Waals surface area contributed by atoms with Crippen molar-refractivity contribution in [2.75, 3.05) is 0 Å². The fourth-order valence-corrected chi connectivity index (χ4v) is 9.41. The minimum absolute atomic E-state index is 0.00102. The Hall–Kier alpha value is -1.28. The Morgan fingerprint density at radius 1 is 0.946 bits per heavy atom. The Kier molecular flexibility index (Phi) is 8.45. The molecule has 0 radical (unpaired) electrons. The van der Waals surface area contributed by atoms with Crippen LogP contribution in [0.2, 0.25) is 5.02 Å². The average Bonchev–Trinajstić information content (AvgIpc) is 3.23. The zero-order valence-corrected chi connectivity index (χ0v) is 24.3. The molecule has 1 aromatic rings. The normalized spacial score (nSPS) is 36.8. The molecule has 4 aliphatic carbocycles. The van der Waals surface area contributed by atoms with Crippen molar-refractivity contribution < 1.29 is 9.53 Å². The van der Waals surface area contributed by atoms with Gasteiger partial charge in [0.25, 0.3) is 0 Å². The number of hydrogen-bond acceptors (Lipinski definition) is 2. The molecule has 2 nitrogen and oxygen atoms in total. The van der Waals surface area contributed by atoms with Crippen LogP contribution in [-0.2, 0) is 4.74 Å². The van der Waals surface area contributed by atoms with E-state index in [1.807, 2.05) is 0 Å². The predicted molar refractivity (Wildman–Crippen MR) is 154 cm³/mol. The summed E-state index contributed by atoms with van der Waals surface area (Å²) in [4.78, 5) is 12.7. The van der Waals surface area contributed by atoms with E-state index in [1.165, 1.54) is 77.0 Å². The van der Waals surface area contributed by atoms with Crippen molar-refractivity contribution in [2.45, 2.75) is 123 Å². The summed E-state index contributed by atoms with van der Waals surface area (Å²) in [7, 11) is 0. The minimum Gasteiger partial charge on any atom is -0.458 e. The molecule has 0 heterocycles. The van der Waals surface area contributed by atoms with Crippen molar-refractivity contribution >= 4 is 17.6 Å². The molecule has 0 aliphatic heterocycles. The maximum absolute atomic E-state index is 12.7. The molecule has 5 rings (SSSR count). The van der Waals surface area contributed by atoms with Crippen LogP contribution in [0.5, 0.6) is 0 Å². The number of carbonyl (C=O) groups excluding carboxylic acids is 1. The standard InChI is InChI=1S/C34H49ClO2/c1-4-5-6-7-8-9-10-25-14-18-30-29-17-13-26-23-28(37-32(36)24-11-15-27(35)16-12-24)19-21-34(26,3)31(29)20-22-33(25,30)2/h11-13,15-16,25,28-31H,4-10,14,17-23H2,1-3H3/t25-,28-,29+,30-,31-,33+,34-/m0/s1. The summed E-state index contributed by atoms with van der Waals surface area (Å²) in [5.41, 5.74) is 3.04. The van der Waals surface area contributed by atoms with E-state index in [2.05, 4.69) is 26.8 Å². The molecule has 3 heteroatoms. The third-order valence-corrected chi connectivity index (χ3v) is 11.8. The molecule has 0 aromatic heterocycles. The lowest BCUT2D eigenvalue weighted by atomic mass is 9.47. The molecule has 0 spiro atoms. The Balaban J connectivity index is 1.20. The lowest BCUT2D eigenvalue weighted by Gasteiger charge is -2.58. The van der Waals surface area contributed by atoms with E-state index in [4.69, 9.17) is 16.3 Å². The molecule has 1 aromatic carbocycles. The highest BCUT2D eigenvalue weighted by atomic mass is 35.5. The van der Waals surface area contributed by atoms with Gasteiger partial charge >= 0.3 is 5.97 Å². The van der Waals surface area contributed by atoms with Gasteiger partial charge in [-0.05, 0) is 110 Å². The molecule has 0 unspecified atom stereocenters. The van der Waals surface area contributed by atoms with Crippen LogP contribution in [0, 0.1) is 34.5 Å². The zero-order valence-electron chi connectivity index (χ0n) is 23.6. The second-order valence-electron chi connectivity index (χ2n) is 13.4. The molecule has 0 saturated heterocycles. The molecule has 204 valence electrons. The summed E-state index contributed by atoms with van der Waals surface area (Å²) >= 11 is 5.99. The molecule has 0 N–H and O–H groups in total. The number of ether oxygens (including phenoxy) is 1. The van der Waals surface area contributed by atoms with Gasteiger partial charge in [-0.1, -0.05) is 82.5 Å². The lowest BCUT2D eigenvalue weighted by molar-refractivity contribution is -0.0536. The fraction of sp³-hybridized carbons (Fsp3) is 0.735. The quantitative estimate of drug-likeness (QED) is 0.182. The third-order valence-electron chi connectivity index (χ3n) is 11.5. The molecule has 7 atom stereocenters. The van der Waals surface area contributed by atoms with Crippen LogP contribution in [-0.4, -0.2) is 12.1 Å². The maximum atomic E-state index is 12.7. The van der Waals surface area contributed by atoms with E-state index < -0.39 is 0 Å². The monoisotopic (exact) mass is 524 g/mol. The van der Waals surface area contributed by atoms with Crippen molar-refractivity contribution in [1.29, 1.82) is 0 Å². The first kappa shape index (κ1) is 27.3. The van der Waals surface area contributed by atoms with Crippen molar-refractivity contribution in [3.8, 4) is 0 Å². The highest BCUT2D eigenvalue weighted by molar-refractivity contribution is 6.30. The predicted octanol–water partition coefficient (Wildman–Crippen LogP) is 10.2. The first-order valence-electron chi connectivity index (χ1n) is 15.5. The van der Waals surface area contributed by atoms with Gasteiger partial charge < -0.3 is 4.74 Å². The van der Waals surface area contributed by atoms with Gasteiger partial charge in [-0.3, -0.25) is 0 Å². The summed E-state index contributed by atoms with van der Waals surface area (Å²) in [5.74, 6) is 3.31. The van der Waals surface area contributed by atoms with Gasteiger partial charge in [0.2, 0.25) is 0 Å². The highest BCUT2D eigenvalue weighted by Gasteiger charge is 2.58. The van der Waals surface area contributed by atoms with Crippen LogP contribution in [0.1, 0.15) is 127 Å². The van der Waals surface area contributed by atoms with Crippen molar-refractivity contribution in [3.05, 3.63) is 46.5 Å². The van der Waals surface area contributed by atoms with Gasteiger partial charge in [-0.25, -0.2) is 4.79 Å². The summed E-state index contributed by atoms with van der Waals surface area (Å²) in [6.45, 7) is 7.54. The van der Waals surface area contributed by atoms with E-state index in [-0.39, 0.29) is 12.1 Å². The minimum atomic E-state index is -0.213. The van der Waals surface area contributed by atoms with Crippen molar-refractivity contribution in [3.63, 3.8) is 0 Å². The second-order valence-corrected chi connectivity index (χ2v) is 13.8. The van der Waals surface area contributed by atoms with Gasteiger partial charge in [0.15, 0.2) is 0 Å². The van der Waals surface area contributed by atoms with Crippen LogP contribution in [0.15, 0.2) is 35.9 Å². The van der Waals surface area contributed by atoms with Gasteiger partial charge in [0.05, 0.1) is 5.56 Å². The summed E-state index contributed by atoms with van der Waals surface area (Å²) in [5, 5.41) is 0.645. The largest absolute Gasteiger partial charge is 0.458 e. The van der Waals surface area contributed by atoms with Crippen molar-refractivity contribution in [1.82, 2.24) is 0 Å². The van der Waals surface area contributed by atoms with Crippen LogP contribution >= 0.6 is 11.6 Å². The molecular formula is C34H49ClO2. The number of fused-ring (bicyclic) bond motifs is 5. The Morgan fingerprint density at radius 3 is 2.49 bits per heavy atom. The molecule has 3 fully saturated rings. The first-order valence-corrected chi connectivity index (χ1v) is 15.9. The lowest BCUT2D eigenvalue weighted by Crippen LogP contribution is -2.50. The van der Waals surface area contributed by atoms with E-state index in [0.717, 1.165) is 42.9 Å². The smallest absolute Gasteiger partial charge is 0.338 e. The fourth-order valence-electron chi connectivity index (χ4n) is 9.29. The maximum Gasteiger partial charge on any atom is 0.338 e. The van der Waals surface area contributed by atoms with Gasteiger partial charge in [-0.15, -0.1) is 0 Å². The van der Waals surface area contributed by atoms with E-state index >= 15 is 0 Å². The number of hydrogen-bond donors (Lipinski definition) is 0. The number of rotatable bonds is 9. The third kappa shape index (κ3) is 5.43. The average molecular weight is 525 g/mol. The summed E-state index contributed by atoms with van der Waals surface area (Å²) in [6.07, 6.45) is 22.6. The number of benzene rings is 1. The number of carbonyl (C=O) groups is 1. The second kappa shape index (κ2) is 11.4. The first-order chi connectivity index (χ1) is 17.8. The van der Waals surface area contributed by atoms with Crippen molar-refractivity contribution in [2.24, 2.45) is 34.5 Å². The van der Waals surface area contributed by atoms with E-state index in [0.29, 0.717) is 21.4 Å². The van der Waals surface area contributed by atoms with Crippen LogP contribution < -0.4 is 0 Å². The Labute approximate surface area is 231 Å². The zero-order chi connectivity index (χ0) is 26.0. The highest BCUT2D eigenvalue weighted by Crippen LogP contribution is 2.66. The van der Waals surface area contributed by atoms with Gasteiger partial charge in [0, 0.05) is 11.4 Å². The molecule has 4 aliphatic rings. The van der Waals surface area contributed by atoms with Crippen LogP contribution in [0.3, 0.4) is 0 Å². The van der Waals surface area contributed by atoms with Crippen LogP contribution in [0.25, 0.3) is 0 Å². The number of allylic oxidation sites excluding steroid dienone is 1. The molecule has 3 saturated carbocycles. The van der Waals surface area contributed by atoms with E-state index in [9.17, 15) is 4.79 Å². The topological polar surface area (TPSA) is 26.3 Å². The van der Waals surface area contributed by atoms with Crippen LogP contribution in [0.4, 0.5) is 0 Å². The molecule has 0 amide bonds. The summed E-state index contributed by atoms with van der Waals surface area (Å²) in [6, 6.07) is 7.06. The molecular weight excluding hydrogens is 476 g/mol. The summed E-state index contributed by atoms with van der Waals surface area (Å²) < 4.78 is 5.99. The number of halogens is 1. The van der Waals surface area contributed by atoms with Gasteiger partial charge in [0.1, 0.15) is 6.10 Å². The number of esters is 1. The van der Waals surface area contributed by atoms with E-state index in [1.54, 1.807) is 29.8 Å². The molecule has 0 bridgehead atoms. The van der Waals surface area contributed by atoms with Gasteiger partial charge in [-0.2, -0.15) is 0 Å². The number of unbranched alkanes of at least 4 members (excludes halogenated alkanes) is 5.